The third kappa shape index (κ3) is 3.51. The van der Waals surface area contributed by atoms with E-state index in [1.54, 1.807) is 0 Å². The molecule has 0 aromatic heterocycles. The van der Waals surface area contributed by atoms with Crippen LogP contribution >= 0.6 is 0 Å². The van der Waals surface area contributed by atoms with E-state index in [2.05, 4.69) is 31.4 Å². The Hall–Kier alpha value is -1.10. The van der Waals surface area contributed by atoms with Crippen LogP contribution in [-0.4, -0.2) is 18.8 Å². The first-order chi connectivity index (χ1) is 9.69. The summed E-state index contributed by atoms with van der Waals surface area (Å²) in [4.78, 5) is 0. The molecule has 1 aromatic rings. The predicted octanol–water partition coefficient (Wildman–Crippen LogP) is 2.94. The van der Waals surface area contributed by atoms with Gasteiger partial charge >= 0.3 is 0 Å². The fourth-order valence-electron chi connectivity index (χ4n) is 2.78. The largest absolute Gasteiger partial charge is 0.494 e. The lowest BCUT2D eigenvalue weighted by atomic mass is 9.84. The summed E-state index contributed by atoms with van der Waals surface area (Å²) in [6, 6.07) is 8.14. The predicted molar refractivity (Wildman–Crippen MR) is 80.5 cm³/mol. The highest BCUT2D eigenvalue weighted by molar-refractivity contribution is 5.30. The maximum Gasteiger partial charge on any atom is 0.119 e. The third-order valence-electron chi connectivity index (χ3n) is 3.96. The topological polar surface area (TPSA) is 56.5 Å². The monoisotopic (exact) mass is 278 g/mol. The van der Waals surface area contributed by atoms with Crippen LogP contribution < -0.4 is 16.0 Å². The molecule has 1 aliphatic rings. The standard InChI is InChI=1S/C16H26N2O2/c1-3-11-19-14-8-6-13(7-9-14)15(18-17)16(2)10-4-5-12-20-16/h6-9,15,18H,3-5,10-12,17H2,1-2H3. The van der Waals surface area contributed by atoms with Crippen LogP contribution in [0.1, 0.15) is 51.1 Å². The average molecular weight is 278 g/mol. The minimum atomic E-state index is -0.237. The zero-order chi connectivity index (χ0) is 14.4. The molecule has 20 heavy (non-hydrogen) atoms. The Balaban J connectivity index is 2.10. The lowest BCUT2D eigenvalue weighted by Crippen LogP contribution is -2.48. The quantitative estimate of drug-likeness (QED) is 0.620. The van der Waals surface area contributed by atoms with Crippen LogP contribution in [0.15, 0.2) is 24.3 Å². The molecule has 1 heterocycles. The van der Waals surface area contributed by atoms with Crippen molar-refractivity contribution < 1.29 is 9.47 Å². The molecule has 1 aromatic carbocycles. The van der Waals surface area contributed by atoms with E-state index in [0.29, 0.717) is 0 Å². The molecule has 112 valence electrons. The fraction of sp³-hybridized carbons (Fsp3) is 0.625. The number of rotatable bonds is 6. The Bertz CT molecular complexity index is 399. The summed E-state index contributed by atoms with van der Waals surface area (Å²) in [6.07, 6.45) is 4.36. The van der Waals surface area contributed by atoms with Gasteiger partial charge in [-0.25, -0.2) is 0 Å². The van der Waals surface area contributed by atoms with E-state index in [1.165, 1.54) is 6.42 Å². The Kier molecular flexibility index (Phi) is 5.40. The summed E-state index contributed by atoms with van der Waals surface area (Å²) in [5.74, 6) is 6.68. The number of nitrogens with one attached hydrogen (secondary N) is 1. The van der Waals surface area contributed by atoms with E-state index in [1.807, 2.05) is 12.1 Å². The van der Waals surface area contributed by atoms with Gasteiger partial charge in [0.15, 0.2) is 0 Å². The van der Waals surface area contributed by atoms with Crippen molar-refractivity contribution in [2.75, 3.05) is 13.2 Å². The molecule has 2 atom stereocenters. The zero-order valence-electron chi connectivity index (χ0n) is 12.5. The lowest BCUT2D eigenvalue weighted by Gasteiger charge is -2.40. The summed E-state index contributed by atoms with van der Waals surface area (Å²) in [6.45, 7) is 5.80. The van der Waals surface area contributed by atoms with Crippen LogP contribution in [0, 0.1) is 0 Å². The first-order valence-corrected chi connectivity index (χ1v) is 7.52. The highest BCUT2D eigenvalue weighted by atomic mass is 16.5. The highest BCUT2D eigenvalue weighted by Crippen LogP contribution is 2.36. The Morgan fingerprint density at radius 1 is 1.35 bits per heavy atom. The second kappa shape index (κ2) is 7.07. The summed E-state index contributed by atoms with van der Waals surface area (Å²) >= 11 is 0. The third-order valence-corrected chi connectivity index (χ3v) is 3.96. The summed E-state index contributed by atoms with van der Waals surface area (Å²) in [7, 11) is 0. The molecule has 0 bridgehead atoms. The summed E-state index contributed by atoms with van der Waals surface area (Å²) in [5.41, 5.74) is 3.83. The number of benzene rings is 1. The molecule has 0 saturated carbocycles. The molecule has 2 rings (SSSR count). The molecule has 2 unspecified atom stereocenters. The van der Waals surface area contributed by atoms with Gasteiger partial charge in [-0.15, -0.1) is 0 Å². The van der Waals surface area contributed by atoms with E-state index < -0.39 is 0 Å². The fourth-order valence-corrected chi connectivity index (χ4v) is 2.78. The molecule has 3 N–H and O–H groups in total. The van der Waals surface area contributed by atoms with Crippen LogP contribution in [0.2, 0.25) is 0 Å². The van der Waals surface area contributed by atoms with E-state index >= 15 is 0 Å². The molecular weight excluding hydrogens is 252 g/mol. The van der Waals surface area contributed by atoms with Crippen molar-refractivity contribution in [3.05, 3.63) is 29.8 Å². The van der Waals surface area contributed by atoms with Gasteiger partial charge in [-0.1, -0.05) is 19.1 Å². The van der Waals surface area contributed by atoms with Gasteiger partial charge in [-0.05, 0) is 50.3 Å². The summed E-state index contributed by atoms with van der Waals surface area (Å²) in [5, 5.41) is 0. The second-order valence-electron chi connectivity index (χ2n) is 5.64. The molecule has 4 nitrogen and oxygen atoms in total. The van der Waals surface area contributed by atoms with Gasteiger partial charge in [-0.3, -0.25) is 11.3 Å². The van der Waals surface area contributed by atoms with Crippen molar-refractivity contribution in [2.24, 2.45) is 5.84 Å². The number of nitrogens with two attached hydrogens (primary N) is 1. The number of hydrogen-bond donors (Lipinski definition) is 2. The summed E-state index contributed by atoms with van der Waals surface area (Å²) < 4.78 is 11.6. The molecule has 4 heteroatoms. The minimum absolute atomic E-state index is 0.00280. The molecule has 0 radical (unpaired) electrons. The first-order valence-electron chi connectivity index (χ1n) is 7.52. The highest BCUT2D eigenvalue weighted by Gasteiger charge is 2.37. The molecule has 0 aliphatic carbocycles. The molecule has 0 spiro atoms. The Labute approximate surface area is 121 Å². The van der Waals surface area contributed by atoms with Gasteiger partial charge in [0, 0.05) is 6.61 Å². The smallest absolute Gasteiger partial charge is 0.119 e. The SMILES string of the molecule is CCCOc1ccc(C(NN)C2(C)CCCCO2)cc1. The van der Waals surface area contributed by atoms with Gasteiger partial charge in [0.05, 0.1) is 18.2 Å². The molecule has 1 saturated heterocycles. The van der Waals surface area contributed by atoms with Crippen molar-refractivity contribution in [2.45, 2.75) is 51.2 Å². The Morgan fingerprint density at radius 2 is 2.10 bits per heavy atom. The van der Waals surface area contributed by atoms with E-state index in [0.717, 1.165) is 43.8 Å². The van der Waals surface area contributed by atoms with Gasteiger partial charge < -0.3 is 9.47 Å². The number of hydrazine groups is 1. The van der Waals surface area contributed by atoms with Crippen molar-refractivity contribution in [1.29, 1.82) is 0 Å². The van der Waals surface area contributed by atoms with Crippen molar-refractivity contribution >= 4 is 0 Å². The van der Waals surface area contributed by atoms with E-state index in [4.69, 9.17) is 15.3 Å². The molecule has 1 aliphatic heterocycles. The Morgan fingerprint density at radius 3 is 2.65 bits per heavy atom. The van der Waals surface area contributed by atoms with Crippen LogP contribution in [0.3, 0.4) is 0 Å². The van der Waals surface area contributed by atoms with Crippen LogP contribution in [0.4, 0.5) is 0 Å². The normalized spacial score (nSPS) is 24.4. The maximum absolute atomic E-state index is 5.99. The maximum atomic E-state index is 5.99. The van der Waals surface area contributed by atoms with E-state index in [-0.39, 0.29) is 11.6 Å². The minimum Gasteiger partial charge on any atom is -0.494 e. The van der Waals surface area contributed by atoms with Gasteiger partial charge in [0.2, 0.25) is 0 Å². The van der Waals surface area contributed by atoms with Gasteiger partial charge in [0.25, 0.3) is 0 Å². The van der Waals surface area contributed by atoms with Crippen molar-refractivity contribution in [3.8, 4) is 5.75 Å². The zero-order valence-corrected chi connectivity index (χ0v) is 12.5. The first kappa shape index (κ1) is 15.3. The molecular formula is C16H26N2O2. The van der Waals surface area contributed by atoms with Crippen molar-refractivity contribution in [1.82, 2.24) is 5.43 Å². The van der Waals surface area contributed by atoms with Crippen LogP contribution in [0.25, 0.3) is 0 Å². The van der Waals surface area contributed by atoms with Crippen LogP contribution in [0.5, 0.6) is 5.75 Å². The number of ether oxygens (including phenoxy) is 2. The van der Waals surface area contributed by atoms with Crippen molar-refractivity contribution in [3.63, 3.8) is 0 Å². The van der Waals surface area contributed by atoms with Crippen LogP contribution in [-0.2, 0) is 4.74 Å². The average Bonchev–Trinajstić information content (AvgIpc) is 2.47. The van der Waals surface area contributed by atoms with E-state index in [9.17, 15) is 0 Å². The molecule has 1 fully saturated rings. The van der Waals surface area contributed by atoms with Gasteiger partial charge in [0.1, 0.15) is 5.75 Å². The lowest BCUT2D eigenvalue weighted by molar-refractivity contribution is -0.0899. The molecule has 0 amide bonds. The second-order valence-corrected chi connectivity index (χ2v) is 5.64. The number of hydrogen-bond acceptors (Lipinski definition) is 4. The van der Waals surface area contributed by atoms with Gasteiger partial charge in [-0.2, -0.15) is 0 Å².